The molecule has 3 rings (SSSR count). The first-order valence-corrected chi connectivity index (χ1v) is 6.42. The lowest BCUT2D eigenvalue weighted by Gasteiger charge is -2.25. The predicted molar refractivity (Wildman–Crippen MR) is 66.8 cm³/mol. The number of rotatable bonds is 2. The summed E-state index contributed by atoms with van der Waals surface area (Å²) in [4.78, 5) is 6.82. The molecule has 1 fully saturated rings. The Morgan fingerprint density at radius 2 is 2.12 bits per heavy atom. The van der Waals surface area contributed by atoms with E-state index in [4.69, 9.17) is 4.74 Å². The van der Waals surface area contributed by atoms with Gasteiger partial charge in [0.05, 0.1) is 19.8 Å². The molecule has 3 heterocycles. The van der Waals surface area contributed by atoms with Crippen molar-refractivity contribution in [2.75, 3.05) is 26.3 Å². The van der Waals surface area contributed by atoms with Crippen LogP contribution < -0.4 is 0 Å². The maximum Gasteiger partial charge on any atom is 0.165 e. The Morgan fingerprint density at radius 1 is 1.29 bits per heavy atom. The van der Waals surface area contributed by atoms with Crippen LogP contribution in [0.4, 0.5) is 0 Å². The number of pyridine rings is 1. The van der Waals surface area contributed by atoms with Crippen molar-refractivity contribution in [2.24, 2.45) is 0 Å². The molecule has 0 atom stereocenters. The van der Waals surface area contributed by atoms with Crippen molar-refractivity contribution >= 4 is 21.6 Å². The van der Waals surface area contributed by atoms with Gasteiger partial charge in [-0.2, -0.15) is 0 Å². The second-order valence-corrected chi connectivity index (χ2v) is 4.85. The third-order valence-electron chi connectivity index (χ3n) is 2.83. The molecule has 1 aliphatic heterocycles. The van der Waals surface area contributed by atoms with Gasteiger partial charge in [-0.1, -0.05) is 6.07 Å². The molecule has 6 heteroatoms. The summed E-state index contributed by atoms with van der Waals surface area (Å²) in [5, 5.41) is 4.48. The minimum absolute atomic E-state index is 0.789. The normalized spacial score (nSPS) is 17.7. The molecular weight excluding hydrogens is 284 g/mol. The highest BCUT2D eigenvalue weighted by Crippen LogP contribution is 2.12. The summed E-state index contributed by atoms with van der Waals surface area (Å²) < 4.78 is 8.06. The van der Waals surface area contributed by atoms with Crippen molar-refractivity contribution in [3.05, 3.63) is 28.6 Å². The zero-order chi connectivity index (χ0) is 11.7. The molecule has 1 saturated heterocycles. The summed E-state index contributed by atoms with van der Waals surface area (Å²) in [5.41, 5.74) is 0.877. The van der Waals surface area contributed by atoms with Crippen LogP contribution >= 0.6 is 15.9 Å². The molecule has 0 aliphatic carbocycles. The van der Waals surface area contributed by atoms with E-state index < -0.39 is 0 Å². The van der Waals surface area contributed by atoms with Gasteiger partial charge in [0, 0.05) is 13.1 Å². The Balaban J connectivity index is 1.83. The van der Waals surface area contributed by atoms with Crippen LogP contribution in [-0.4, -0.2) is 45.8 Å². The van der Waals surface area contributed by atoms with Gasteiger partial charge in [-0.3, -0.25) is 4.90 Å². The molecule has 0 spiro atoms. The van der Waals surface area contributed by atoms with Crippen LogP contribution in [0.15, 0.2) is 22.8 Å². The average Bonchev–Trinajstić information content (AvgIpc) is 2.74. The summed E-state index contributed by atoms with van der Waals surface area (Å²) in [7, 11) is 0. The Bertz CT molecular complexity index is 521. The fourth-order valence-corrected chi connectivity index (χ4v) is 2.36. The Hall–Kier alpha value is -0.980. The number of ether oxygens (including phenoxy) is 1. The van der Waals surface area contributed by atoms with E-state index in [1.807, 2.05) is 22.7 Å². The lowest BCUT2D eigenvalue weighted by molar-refractivity contribution is 0.0331. The Kier molecular flexibility index (Phi) is 3.09. The fourth-order valence-electron chi connectivity index (χ4n) is 1.94. The van der Waals surface area contributed by atoms with Crippen LogP contribution in [0.2, 0.25) is 0 Å². The topological polar surface area (TPSA) is 42.7 Å². The van der Waals surface area contributed by atoms with Gasteiger partial charge in [-0.05, 0) is 28.1 Å². The fraction of sp³-hybridized carbons (Fsp3) is 0.455. The lowest BCUT2D eigenvalue weighted by Crippen LogP contribution is -2.35. The first kappa shape index (κ1) is 11.1. The molecule has 0 aromatic carbocycles. The molecule has 90 valence electrons. The van der Waals surface area contributed by atoms with Gasteiger partial charge in [-0.15, -0.1) is 5.10 Å². The smallest absolute Gasteiger partial charge is 0.165 e. The zero-order valence-electron chi connectivity index (χ0n) is 9.34. The van der Waals surface area contributed by atoms with E-state index in [1.54, 1.807) is 0 Å². The van der Waals surface area contributed by atoms with Crippen LogP contribution in [-0.2, 0) is 11.3 Å². The Morgan fingerprint density at radius 3 is 2.88 bits per heavy atom. The van der Waals surface area contributed by atoms with Gasteiger partial charge in [-0.25, -0.2) is 9.50 Å². The second-order valence-electron chi connectivity index (χ2n) is 4.04. The van der Waals surface area contributed by atoms with Gasteiger partial charge in [0.2, 0.25) is 0 Å². The van der Waals surface area contributed by atoms with Gasteiger partial charge in [0.25, 0.3) is 0 Å². The average molecular weight is 297 g/mol. The van der Waals surface area contributed by atoms with E-state index >= 15 is 0 Å². The third-order valence-corrected chi connectivity index (χ3v) is 3.43. The largest absolute Gasteiger partial charge is 0.379 e. The quantitative estimate of drug-likeness (QED) is 0.784. The summed E-state index contributed by atoms with van der Waals surface area (Å²) in [5.74, 6) is 0.860. The molecule has 0 bridgehead atoms. The van der Waals surface area contributed by atoms with E-state index in [0.29, 0.717) is 0 Å². The van der Waals surface area contributed by atoms with Gasteiger partial charge < -0.3 is 4.74 Å². The van der Waals surface area contributed by atoms with E-state index in [1.165, 1.54) is 0 Å². The number of hydrogen-bond donors (Lipinski definition) is 0. The summed E-state index contributed by atoms with van der Waals surface area (Å²) in [6, 6.07) is 5.88. The standard InChI is InChI=1S/C11H13BrN4O/c12-9-2-1-3-11-13-10(14-16(9)11)8-15-4-6-17-7-5-15/h1-3H,4-8H2. The molecule has 0 radical (unpaired) electrons. The maximum absolute atomic E-state index is 5.32. The highest BCUT2D eigenvalue weighted by atomic mass is 79.9. The van der Waals surface area contributed by atoms with Crippen LogP contribution in [0.25, 0.3) is 5.65 Å². The van der Waals surface area contributed by atoms with Crippen LogP contribution in [0, 0.1) is 0 Å². The van der Waals surface area contributed by atoms with Crippen LogP contribution in [0.3, 0.4) is 0 Å². The zero-order valence-corrected chi connectivity index (χ0v) is 10.9. The van der Waals surface area contributed by atoms with Crippen molar-refractivity contribution in [2.45, 2.75) is 6.54 Å². The Labute approximate surface area is 108 Å². The van der Waals surface area contributed by atoms with Crippen LogP contribution in [0.5, 0.6) is 0 Å². The number of fused-ring (bicyclic) bond motifs is 1. The van der Waals surface area contributed by atoms with Crippen molar-refractivity contribution in [3.63, 3.8) is 0 Å². The first-order valence-electron chi connectivity index (χ1n) is 5.63. The predicted octanol–water partition coefficient (Wildman–Crippen LogP) is 1.32. The SMILES string of the molecule is Brc1cccc2nc(CN3CCOCC3)nn12. The van der Waals surface area contributed by atoms with Gasteiger partial charge in [0.1, 0.15) is 4.60 Å². The number of nitrogens with zero attached hydrogens (tertiary/aromatic N) is 4. The highest BCUT2D eigenvalue weighted by molar-refractivity contribution is 9.10. The molecule has 2 aromatic heterocycles. The number of morpholine rings is 1. The summed E-state index contributed by atoms with van der Waals surface area (Å²) in [6.07, 6.45) is 0. The molecule has 0 saturated carbocycles. The minimum atomic E-state index is 0.789. The van der Waals surface area contributed by atoms with E-state index in [-0.39, 0.29) is 0 Å². The second kappa shape index (κ2) is 4.72. The van der Waals surface area contributed by atoms with Crippen molar-refractivity contribution in [3.8, 4) is 0 Å². The molecule has 1 aliphatic rings. The maximum atomic E-state index is 5.32. The van der Waals surface area contributed by atoms with Gasteiger partial charge >= 0.3 is 0 Å². The minimum Gasteiger partial charge on any atom is -0.379 e. The molecule has 2 aromatic rings. The number of hydrogen-bond acceptors (Lipinski definition) is 4. The van der Waals surface area contributed by atoms with E-state index in [9.17, 15) is 0 Å². The van der Waals surface area contributed by atoms with Crippen molar-refractivity contribution in [1.82, 2.24) is 19.5 Å². The summed E-state index contributed by atoms with van der Waals surface area (Å²) in [6.45, 7) is 4.30. The molecule has 5 nitrogen and oxygen atoms in total. The molecule has 0 N–H and O–H groups in total. The molecule has 0 amide bonds. The molecular formula is C11H13BrN4O. The van der Waals surface area contributed by atoms with Crippen molar-refractivity contribution in [1.29, 1.82) is 0 Å². The first-order chi connectivity index (χ1) is 8.33. The lowest BCUT2D eigenvalue weighted by atomic mass is 10.4. The molecule has 17 heavy (non-hydrogen) atoms. The third kappa shape index (κ3) is 2.34. The highest BCUT2D eigenvalue weighted by Gasteiger charge is 2.13. The number of aromatic nitrogens is 3. The van der Waals surface area contributed by atoms with Gasteiger partial charge in [0.15, 0.2) is 11.5 Å². The summed E-state index contributed by atoms with van der Waals surface area (Å²) >= 11 is 3.46. The molecule has 0 unspecified atom stereocenters. The van der Waals surface area contributed by atoms with Crippen LogP contribution in [0.1, 0.15) is 5.82 Å². The van der Waals surface area contributed by atoms with E-state index in [0.717, 1.165) is 48.9 Å². The van der Waals surface area contributed by atoms with Crippen molar-refractivity contribution < 1.29 is 4.74 Å². The monoisotopic (exact) mass is 296 g/mol. The number of halogens is 1. The van der Waals surface area contributed by atoms with E-state index in [2.05, 4.69) is 30.9 Å².